The van der Waals surface area contributed by atoms with Gasteiger partial charge in [-0.05, 0) is 25.1 Å². The lowest BCUT2D eigenvalue weighted by molar-refractivity contribution is -0.137. The normalized spacial score (nSPS) is 16.7. The number of nitrogens with zero attached hydrogens (tertiary/aromatic N) is 1. The minimum Gasteiger partial charge on any atom is -0.347 e. The van der Waals surface area contributed by atoms with Crippen molar-refractivity contribution in [3.63, 3.8) is 0 Å². The Morgan fingerprint density at radius 1 is 1.32 bits per heavy atom. The van der Waals surface area contributed by atoms with E-state index in [1.54, 1.807) is 11.4 Å². The van der Waals surface area contributed by atoms with Crippen molar-refractivity contribution in [3.8, 4) is 10.6 Å². The van der Waals surface area contributed by atoms with E-state index in [9.17, 15) is 18.0 Å². The lowest BCUT2D eigenvalue weighted by Gasteiger charge is -2.09. The molecule has 0 radical (unpaired) electrons. The molecule has 1 aliphatic heterocycles. The average molecular weight is 414 g/mol. The first kappa shape index (κ1) is 21.7. The Morgan fingerprint density at radius 3 is 2.72 bits per heavy atom. The Labute approximate surface area is 159 Å². The van der Waals surface area contributed by atoms with Crippen LogP contribution in [0.2, 0.25) is 0 Å². The quantitative estimate of drug-likeness (QED) is 0.804. The van der Waals surface area contributed by atoms with Gasteiger partial charge < -0.3 is 10.6 Å². The first-order chi connectivity index (χ1) is 10.9. The number of amides is 1. The van der Waals surface area contributed by atoms with Crippen LogP contribution in [0.4, 0.5) is 13.2 Å². The smallest absolute Gasteiger partial charge is 0.347 e. The van der Waals surface area contributed by atoms with Gasteiger partial charge in [0.05, 0.1) is 5.56 Å². The van der Waals surface area contributed by atoms with Crippen LogP contribution >= 0.6 is 36.2 Å². The number of hydrogen-bond donors (Lipinski definition) is 2. The highest BCUT2D eigenvalue weighted by Gasteiger charge is 2.30. The summed E-state index contributed by atoms with van der Waals surface area (Å²) in [6, 6.07) is 5.01. The van der Waals surface area contributed by atoms with Crippen LogP contribution in [-0.2, 0) is 6.18 Å². The fourth-order valence-electron chi connectivity index (χ4n) is 2.38. The first-order valence-corrected chi connectivity index (χ1v) is 7.96. The molecule has 2 N–H and O–H groups in total. The van der Waals surface area contributed by atoms with Gasteiger partial charge in [-0.2, -0.15) is 13.2 Å². The third-order valence-electron chi connectivity index (χ3n) is 3.57. The molecule has 138 valence electrons. The predicted octanol–water partition coefficient (Wildman–Crippen LogP) is 3.76. The summed E-state index contributed by atoms with van der Waals surface area (Å²) in [6.45, 7) is 1.58. The van der Waals surface area contributed by atoms with Gasteiger partial charge in [0.2, 0.25) is 0 Å². The van der Waals surface area contributed by atoms with Gasteiger partial charge in [0.25, 0.3) is 5.91 Å². The molecule has 1 fully saturated rings. The standard InChI is InChI=1S/C15H14F3N3OS.2ClH/c16-15(17,18)10-3-1-2-9(6-10)14-21-12(8-23-14)13(22)20-11-4-5-19-7-11;;/h1-3,6,8,11,19H,4-5,7H2,(H,20,22);2*1H. The number of thiazole rings is 1. The largest absolute Gasteiger partial charge is 0.416 e. The van der Waals surface area contributed by atoms with Crippen LogP contribution in [0.5, 0.6) is 0 Å². The Morgan fingerprint density at radius 2 is 2.08 bits per heavy atom. The zero-order valence-electron chi connectivity index (χ0n) is 12.8. The van der Waals surface area contributed by atoms with Crippen LogP contribution in [-0.4, -0.2) is 30.0 Å². The minimum absolute atomic E-state index is 0. The maximum absolute atomic E-state index is 12.8. The van der Waals surface area contributed by atoms with Crippen LogP contribution in [0.3, 0.4) is 0 Å². The number of rotatable bonds is 3. The molecular weight excluding hydrogens is 398 g/mol. The van der Waals surface area contributed by atoms with Crippen LogP contribution in [0.1, 0.15) is 22.5 Å². The number of alkyl halides is 3. The molecule has 1 aliphatic rings. The first-order valence-electron chi connectivity index (χ1n) is 7.08. The number of halogens is 5. The van der Waals surface area contributed by atoms with E-state index in [-0.39, 0.29) is 42.5 Å². The van der Waals surface area contributed by atoms with E-state index in [2.05, 4.69) is 15.6 Å². The van der Waals surface area contributed by atoms with Crippen molar-refractivity contribution >= 4 is 42.1 Å². The fourth-order valence-corrected chi connectivity index (χ4v) is 3.17. The molecule has 1 amide bonds. The maximum Gasteiger partial charge on any atom is 0.416 e. The minimum atomic E-state index is -4.40. The van der Waals surface area contributed by atoms with E-state index in [0.29, 0.717) is 10.6 Å². The summed E-state index contributed by atoms with van der Waals surface area (Å²) in [6.07, 6.45) is -3.54. The lowest BCUT2D eigenvalue weighted by atomic mass is 10.1. The van der Waals surface area contributed by atoms with Gasteiger partial charge in [-0.3, -0.25) is 4.79 Å². The highest BCUT2D eigenvalue weighted by atomic mass is 35.5. The van der Waals surface area contributed by atoms with Crippen molar-refractivity contribution in [1.82, 2.24) is 15.6 Å². The molecular formula is C15H16Cl2F3N3OS. The van der Waals surface area contributed by atoms with Crippen molar-refractivity contribution < 1.29 is 18.0 Å². The zero-order chi connectivity index (χ0) is 16.4. The van der Waals surface area contributed by atoms with E-state index in [0.717, 1.165) is 43.0 Å². The molecule has 2 aromatic rings. The molecule has 0 aliphatic carbocycles. The molecule has 2 heterocycles. The van der Waals surface area contributed by atoms with E-state index >= 15 is 0 Å². The Hall–Kier alpha value is -1.35. The molecule has 3 rings (SSSR count). The lowest BCUT2D eigenvalue weighted by Crippen LogP contribution is -2.36. The third kappa shape index (κ3) is 5.31. The molecule has 4 nitrogen and oxygen atoms in total. The summed E-state index contributed by atoms with van der Waals surface area (Å²) in [4.78, 5) is 16.3. The topological polar surface area (TPSA) is 54.0 Å². The van der Waals surface area contributed by atoms with E-state index in [4.69, 9.17) is 0 Å². The molecule has 1 aromatic heterocycles. The third-order valence-corrected chi connectivity index (χ3v) is 4.46. The van der Waals surface area contributed by atoms with Gasteiger partial charge in [0.15, 0.2) is 0 Å². The van der Waals surface area contributed by atoms with Gasteiger partial charge in [0, 0.05) is 23.5 Å². The summed E-state index contributed by atoms with van der Waals surface area (Å²) >= 11 is 1.15. The molecule has 0 saturated carbocycles. The van der Waals surface area contributed by atoms with Crippen molar-refractivity contribution in [2.45, 2.75) is 18.6 Å². The number of aromatic nitrogens is 1. The number of hydrogen-bond acceptors (Lipinski definition) is 4. The van der Waals surface area contributed by atoms with Gasteiger partial charge in [-0.25, -0.2) is 4.98 Å². The summed E-state index contributed by atoms with van der Waals surface area (Å²) in [5.41, 5.74) is -0.144. The predicted molar refractivity (Wildman–Crippen MR) is 95.8 cm³/mol. The van der Waals surface area contributed by atoms with E-state index < -0.39 is 11.7 Å². The number of benzene rings is 1. The molecule has 25 heavy (non-hydrogen) atoms. The van der Waals surface area contributed by atoms with Crippen molar-refractivity contribution in [3.05, 3.63) is 40.9 Å². The van der Waals surface area contributed by atoms with Crippen LogP contribution in [0.25, 0.3) is 10.6 Å². The number of carbonyl (C=O) groups is 1. The second kappa shape index (κ2) is 8.84. The summed E-state index contributed by atoms with van der Waals surface area (Å²) in [5, 5.41) is 7.96. The van der Waals surface area contributed by atoms with E-state index in [1.807, 2.05) is 0 Å². The van der Waals surface area contributed by atoms with Gasteiger partial charge in [-0.1, -0.05) is 12.1 Å². The van der Waals surface area contributed by atoms with Gasteiger partial charge in [-0.15, -0.1) is 36.2 Å². The van der Waals surface area contributed by atoms with Gasteiger partial charge >= 0.3 is 6.18 Å². The van der Waals surface area contributed by atoms with Crippen molar-refractivity contribution in [2.75, 3.05) is 13.1 Å². The van der Waals surface area contributed by atoms with Crippen LogP contribution in [0.15, 0.2) is 29.6 Å². The summed E-state index contributed by atoms with van der Waals surface area (Å²) in [5.74, 6) is -0.298. The SMILES string of the molecule is Cl.Cl.O=C(NC1CCNC1)c1csc(-c2cccc(C(F)(F)F)c2)n1. The van der Waals surface area contributed by atoms with Crippen molar-refractivity contribution in [1.29, 1.82) is 0 Å². The summed E-state index contributed by atoms with van der Waals surface area (Å²) in [7, 11) is 0. The second-order valence-electron chi connectivity index (χ2n) is 5.28. The maximum atomic E-state index is 12.8. The fraction of sp³-hybridized carbons (Fsp3) is 0.333. The van der Waals surface area contributed by atoms with Crippen LogP contribution < -0.4 is 10.6 Å². The Balaban J connectivity index is 0.00000156. The van der Waals surface area contributed by atoms with Gasteiger partial charge in [0.1, 0.15) is 10.7 Å². The molecule has 0 bridgehead atoms. The second-order valence-corrected chi connectivity index (χ2v) is 6.14. The van der Waals surface area contributed by atoms with Crippen molar-refractivity contribution in [2.24, 2.45) is 0 Å². The van der Waals surface area contributed by atoms with E-state index in [1.165, 1.54) is 6.07 Å². The Bertz CT molecular complexity index is 718. The molecule has 10 heteroatoms. The monoisotopic (exact) mass is 413 g/mol. The highest BCUT2D eigenvalue weighted by molar-refractivity contribution is 7.13. The molecule has 1 saturated heterocycles. The molecule has 1 atom stereocenters. The highest BCUT2D eigenvalue weighted by Crippen LogP contribution is 2.33. The van der Waals surface area contributed by atoms with Crippen LogP contribution in [0, 0.1) is 0 Å². The number of carbonyl (C=O) groups excluding carboxylic acids is 1. The Kier molecular flexibility index (Phi) is 7.67. The molecule has 0 spiro atoms. The molecule has 1 aromatic carbocycles. The average Bonchev–Trinajstić information content (AvgIpc) is 3.17. The summed E-state index contributed by atoms with van der Waals surface area (Å²) < 4.78 is 38.3. The molecule has 1 unspecified atom stereocenters. The number of nitrogens with one attached hydrogen (secondary N) is 2. The zero-order valence-corrected chi connectivity index (χ0v) is 15.2.